The van der Waals surface area contributed by atoms with E-state index in [1.165, 1.54) is 6.08 Å². The first kappa shape index (κ1) is 18.5. The molecule has 0 fully saturated rings. The fraction of sp³-hybridized carbons (Fsp3) is 0.182. The summed E-state index contributed by atoms with van der Waals surface area (Å²) < 4.78 is 10.9. The number of aromatic nitrogens is 1. The molecule has 1 heterocycles. The van der Waals surface area contributed by atoms with Crippen LogP contribution >= 0.6 is 0 Å². The molecule has 0 spiro atoms. The number of para-hydroxylation sites is 1. The van der Waals surface area contributed by atoms with Crippen molar-refractivity contribution >= 4 is 22.9 Å². The molecule has 3 rings (SSSR count). The molecule has 3 aromatic rings. The average molecular weight is 363 g/mol. The molecule has 138 valence electrons. The third-order valence-electron chi connectivity index (χ3n) is 4.00. The summed E-state index contributed by atoms with van der Waals surface area (Å²) in [4.78, 5) is 15.5. The van der Waals surface area contributed by atoms with E-state index in [1.807, 2.05) is 42.6 Å². The van der Waals surface area contributed by atoms with Gasteiger partial charge in [0.05, 0.1) is 18.7 Å². The molecule has 0 saturated heterocycles. The number of rotatable bonds is 8. The summed E-state index contributed by atoms with van der Waals surface area (Å²) >= 11 is 0. The van der Waals surface area contributed by atoms with Crippen molar-refractivity contribution in [2.24, 2.45) is 0 Å². The number of carbonyl (C=O) groups is 1. The van der Waals surface area contributed by atoms with E-state index in [9.17, 15) is 4.79 Å². The third kappa shape index (κ3) is 5.07. The zero-order valence-corrected chi connectivity index (χ0v) is 15.1. The maximum absolute atomic E-state index is 11.1. The number of carboxylic acids is 1. The molecule has 0 unspecified atom stereocenters. The molecule has 1 aromatic heterocycles. The van der Waals surface area contributed by atoms with Crippen molar-refractivity contribution < 1.29 is 19.4 Å². The average Bonchev–Trinajstić information content (AvgIpc) is 2.69. The second-order valence-corrected chi connectivity index (χ2v) is 5.95. The Bertz CT molecular complexity index is 948. The van der Waals surface area contributed by atoms with Crippen molar-refractivity contribution in [3.05, 3.63) is 77.7 Å². The summed E-state index contributed by atoms with van der Waals surface area (Å²) in [6, 6.07) is 17.4. The van der Waals surface area contributed by atoms with Crippen molar-refractivity contribution in [1.29, 1.82) is 0 Å². The van der Waals surface area contributed by atoms with Gasteiger partial charge in [0.2, 0.25) is 5.76 Å². The van der Waals surface area contributed by atoms with Gasteiger partial charge in [0.15, 0.2) is 0 Å². The summed E-state index contributed by atoms with van der Waals surface area (Å²) in [6.07, 6.45) is 4.13. The van der Waals surface area contributed by atoms with Gasteiger partial charge in [-0.1, -0.05) is 30.3 Å². The highest BCUT2D eigenvalue weighted by atomic mass is 16.5. The van der Waals surface area contributed by atoms with Crippen LogP contribution in [0.3, 0.4) is 0 Å². The highest BCUT2D eigenvalue weighted by Crippen LogP contribution is 2.17. The number of benzene rings is 2. The predicted molar refractivity (Wildman–Crippen MR) is 105 cm³/mol. The van der Waals surface area contributed by atoms with Crippen LogP contribution in [0.5, 0.6) is 5.75 Å². The van der Waals surface area contributed by atoms with Gasteiger partial charge >= 0.3 is 5.97 Å². The summed E-state index contributed by atoms with van der Waals surface area (Å²) in [6.45, 7) is 2.59. The van der Waals surface area contributed by atoms with Crippen LogP contribution < -0.4 is 4.74 Å². The molecule has 0 amide bonds. The molecule has 2 aromatic carbocycles. The molecule has 0 aliphatic carbocycles. The van der Waals surface area contributed by atoms with E-state index in [4.69, 9.17) is 14.6 Å². The van der Waals surface area contributed by atoms with Crippen molar-refractivity contribution in [3.8, 4) is 5.75 Å². The van der Waals surface area contributed by atoms with Crippen LogP contribution in [0.15, 0.2) is 66.6 Å². The Morgan fingerprint density at radius 2 is 1.93 bits per heavy atom. The predicted octanol–water partition coefficient (Wildman–Crippen LogP) is 4.32. The van der Waals surface area contributed by atoms with Crippen molar-refractivity contribution in [2.75, 3.05) is 13.2 Å². The standard InChI is InChI=1S/C22H21NO4/c1-2-26-21(22(24)25)14-16-7-9-19(10-8-16)27-12-11-17-13-18-5-3-4-6-20(18)23-15-17/h3-10,13-15H,2,11-12H2,1H3,(H,24,25). The van der Waals surface area contributed by atoms with Gasteiger partial charge in [-0.05, 0) is 48.4 Å². The van der Waals surface area contributed by atoms with Gasteiger partial charge in [0, 0.05) is 18.0 Å². The van der Waals surface area contributed by atoms with Crippen LogP contribution in [0.1, 0.15) is 18.1 Å². The van der Waals surface area contributed by atoms with E-state index >= 15 is 0 Å². The lowest BCUT2D eigenvalue weighted by molar-refractivity contribution is -0.136. The van der Waals surface area contributed by atoms with Gasteiger partial charge in [-0.25, -0.2) is 4.79 Å². The zero-order chi connectivity index (χ0) is 19.1. The van der Waals surface area contributed by atoms with Gasteiger partial charge in [-0.15, -0.1) is 0 Å². The maximum atomic E-state index is 11.1. The minimum absolute atomic E-state index is 0.0741. The van der Waals surface area contributed by atoms with Crippen LogP contribution in [-0.2, 0) is 16.0 Å². The monoisotopic (exact) mass is 363 g/mol. The maximum Gasteiger partial charge on any atom is 0.371 e. The van der Waals surface area contributed by atoms with E-state index in [0.717, 1.165) is 34.2 Å². The number of carboxylic acid groups (broad SMARTS) is 1. The fourth-order valence-corrected chi connectivity index (χ4v) is 2.67. The smallest absolute Gasteiger partial charge is 0.371 e. The Hall–Kier alpha value is -3.34. The Labute approximate surface area is 157 Å². The molecule has 27 heavy (non-hydrogen) atoms. The quantitative estimate of drug-likeness (QED) is 0.477. The normalized spacial score (nSPS) is 11.4. The first-order valence-corrected chi connectivity index (χ1v) is 8.80. The van der Waals surface area contributed by atoms with Crippen molar-refractivity contribution in [1.82, 2.24) is 4.98 Å². The fourth-order valence-electron chi connectivity index (χ4n) is 2.67. The van der Waals surface area contributed by atoms with E-state index in [0.29, 0.717) is 13.2 Å². The first-order chi connectivity index (χ1) is 13.2. The van der Waals surface area contributed by atoms with Gasteiger partial charge < -0.3 is 14.6 Å². The molecule has 0 radical (unpaired) electrons. The Morgan fingerprint density at radius 3 is 2.67 bits per heavy atom. The second-order valence-electron chi connectivity index (χ2n) is 5.95. The number of pyridine rings is 1. The van der Waals surface area contributed by atoms with Crippen molar-refractivity contribution in [2.45, 2.75) is 13.3 Å². The summed E-state index contributed by atoms with van der Waals surface area (Å²) in [5.74, 6) is -0.426. The molecule has 5 heteroatoms. The Kier molecular flexibility index (Phi) is 6.05. The number of fused-ring (bicyclic) bond motifs is 1. The minimum atomic E-state index is -1.08. The number of hydrogen-bond acceptors (Lipinski definition) is 4. The lowest BCUT2D eigenvalue weighted by Crippen LogP contribution is -2.04. The molecule has 1 N–H and O–H groups in total. The van der Waals surface area contributed by atoms with Crippen LogP contribution in [-0.4, -0.2) is 29.3 Å². The third-order valence-corrected chi connectivity index (χ3v) is 4.00. The number of nitrogens with zero attached hydrogens (tertiary/aromatic N) is 1. The molecular formula is C22H21NO4. The molecule has 0 atom stereocenters. The summed E-state index contributed by atoms with van der Waals surface area (Å²) in [5, 5.41) is 10.2. The lowest BCUT2D eigenvalue weighted by atomic mass is 10.1. The minimum Gasteiger partial charge on any atom is -0.493 e. The summed E-state index contributed by atoms with van der Waals surface area (Å²) in [7, 11) is 0. The summed E-state index contributed by atoms with van der Waals surface area (Å²) in [5.41, 5.74) is 2.85. The number of hydrogen-bond donors (Lipinski definition) is 1. The van der Waals surface area contributed by atoms with Gasteiger partial charge in [-0.2, -0.15) is 0 Å². The van der Waals surface area contributed by atoms with E-state index in [-0.39, 0.29) is 5.76 Å². The largest absolute Gasteiger partial charge is 0.493 e. The van der Waals surface area contributed by atoms with E-state index in [1.54, 1.807) is 19.1 Å². The Balaban J connectivity index is 1.58. The number of ether oxygens (including phenoxy) is 2. The Morgan fingerprint density at radius 1 is 1.15 bits per heavy atom. The molecular weight excluding hydrogens is 342 g/mol. The van der Waals surface area contributed by atoms with Crippen LogP contribution in [0, 0.1) is 0 Å². The van der Waals surface area contributed by atoms with Crippen LogP contribution in [0.2, 0.25) is 0 Å². The molecule has 0 saturated carbocycles. The highest BCUT2D eigenvalue weighted by molar-refractivity contribution is 5.89. The van der Waals surface area contributed by atoms with Gasteiger partial charge in [-0.3, -0.25) is 4.98 Å². The molecule has 0 aliphatic heterocycles. The highest BCUT2D eigenvalue weighted by Gasteiger charge is 2.07. The second kappa shape index (κ2) is 8.85. The van der Waals surface area contributed by atoms with Crippen LogP contribution in [0.25, 0.3) is 17.0 Å². The zero-order valence-electron chi connectivity index (χ0n) is 15.1. The van der Waals surface area contributed by atoms with Gasteiger partial charge in [0.25, 0.3) is 0 Å². The van der Waals surface area contributed by atoms with Crippen molar-refractivity contribution in [3.63, 3.8) is 0 Å². The molecule has 0 aliphatic rings. The number of aliphatic carboxylic acids is 1. The first-order valence-electron chi connectivity index (χ1n) is 8.80. The van der Waals surface area contributed by atoms with Crippen LogP contribution in [0.4, 0.5) is 0 Å². The SMILES string of the molecule is CCOC(=Cc1ccc(OCCc2cnc3ccccc3c2)cc1)C(=O)O. The molecule has 5 nitrogen and oxygen atoms in total. The van der Waals surface area contributed by atoms with E-state index in [2.05, 4.69) is 11.1 Å². The van der Waals surface area contributed by atoms with E-state index < -0.39 is 5.97 Å². The van der Waals surface area contributed by atoms with Gasteiger partial charge in [0.1, 0.15) is 5.75 Å². The molecule has 0 bridgehead atoms. The topological polar surface area (TPSA) is 68.7 Å². The lowest BCUT2D eigenvalue weighted by Gasteiger charge is -2.08.